The van der Waals surface area contributed by atoms with Crippen molar-refractivity contribution in [1.82, 2.24) is 15.2 Å². The van der Waals surface area contributed by atoms with Crippen LogP contribution in [0.25, 0.3) is 0 Å². The van der Waals surface area contributed by atoms with Crippen molar-refractivity contribution in [1.29, 1.82) is 0 Å². The number of benzene rings is 1. The molecule has 2 aromatic rings. The van der Waals surface area contributed by atoms with E-state index in [2.05, 4.69) is 10.3 Å². The maximum Gasteiger partial charge on any atom is 0.414 e. The van der Waals surface area contributed by atoms with Crippen molar-refractivity contribution in [2.45, 2.75) is 6.10 Å². The lowest BCUT2D eigenvalue weighted by molar-refractivity contribution is 0.0746. The number of nitrogens with one attached hydrogen (secondary N) is 1. The third-order valence-electron chi connectivity index (χ3n) is 5.68. The molecule has 0 saturated carbocycles. The van der Waals surface area contributed by atoms with Crippen molar-refractivity contribution in [3.8, 4) is 0 Å². The van der Waals surface area contributed by atoms with Gasteiger partial charge >= 0.3 is 6.09 Å². The summed E-state index contributed by atoms with van der Waals surface area (Å²) in [6.45, 7) is 2.30. The van der Waals surface area contributed by atoms with E-state index in [9.17, 15) is 9.59 Å². The molecule has 180 valence electrons. The summed E-state index contributed by atoms with van der Waals surface area (Å²) in [5, 5.41) is 3.40. The molecule has 0 aliphatic carbocycles. The minimum Gasteiger partial charge on any atom is -0.474 e. The maximum absolute atomic E-state index is 15.0. The van der Waals surface area contributed by atoms with Crippen molar-refractivity contribution >= 4 is 52.4 Å². The zero-order valence-corrected chi connectivity index (χ0v) is 19.9. The molecular formula is C22H23ClFN5O4S. The van der Waals surface area contributed by atoms with Gasteiger partial charge in [0.25, 0.3) is 11.1 Å². The van der Waals surface area contributed by atoms with Crippen LogP contribution in [0.5, 0.6) is 0 Å². The number of aromatic nitrogens is 1. The second-order valence-corrected chi connectivity index (χ2v) is 8.54. The molecule has 2 fully saturated rings. The Labute approximate surface area is 206 Å². The SMILES string of the molecule is COC(=S)NC[C@H]1CN(c2ccc(N3CCN(C(=O)c4cnccc4Cl)CC3)c(F)c2)C(=O)O1. The number of pyridine rings is 1. The van der Waals surface area contributed by atoms with Gasteiger partial charge in [0.05, 0.1) is 42.2 Å². The van der Waals surface area contributed by atoms with E-state index in [1.807, 2.05) is 4.90 Å². The summed E-state index contributed by atoms with van der Waals surface area (Å²) < 4.78 is 25.2. The second kappa shape index (κ2) is 10.4. The zero-order valence-electron chi connectivity index (χ0n) is 18.4. The molecule has 1 atom stereocenters. The highest BCUT2D eigenvalue weighted by Crippen LogP contribution is 2.29. The number of methoxy groups -OCH3 is 1. The lowest BCUT2D eigenvalue weighted by Crippen LogP contribution is -2.49. The highest BCUT2D eigenvalue weighted by molar-refractivity contribution is 7.80. The van der Waals surface area contributed by atoms with Gasteiger partial charge in [0.1, 0.15) is 11.9 Å². The predicted molar refractivity (Wildman–Crippen MR) is 129 cm³/mol. The van der Waals surface area contributed by atoms with E-state index in [-0.39, 0.29) is 17.6 Å². The first-order valence-corrected chi connectivity index (χ1v) is 11.4. The molecule has 2 aliphatic heterocycles. The van der Waals surface area contributed by atoms with Crippen LogP contribution in [0.4, 0.5) is 20.6 Å². The minimum atomic E-state index is -0.552. The van der Waals surface area contributed by atoms with Gasteiger partial charge in [-0.1, -0.05) is 11.6 Å². The number of carbonyl (C=O) groups excluding carboxylic acids is 2. The molecule has 4 rings (SSSR count). The molecular weight excluding hydrogens is 485 g/mol. The van der Waals surface area contributed by atoms with Gasteiger partial charge in [-0.05, 0) is 36.5 Å². The van der Waals surface area contributed by atoms with Gasteiger partial charge in [-0.15, -0.1) is 0 Å². The number of carbonyl (C=O) groups is 2. The average molecular weight is 508 g/mol. The Bertz CT molecular complexity index is 1100. The van der Waals surface area contributed by atoms with E-state index in [1.54, 1.807) is 23.1 Å². The predicted octanol–water partition coefficient (Wildman–Crippen LogP) is 2.68. The topological polar surface area (TPSA) is 87.2 Å². The van der Waals surface area contributed by atoms with E-state index in [0.717, 1.165) is 0 Å². The van der Waals surface area contributed by atoms with E-state index in [4.69, 9.17) is 33.3 Å². The molecule has 3 heterocycles. The Morgan fingerprint density at radius 1 is 1.32 bits per heavy atom. The van der Waals surface area contributed by atoms with E-state index >= 15 is 4.39 Å². The molecule has 12 heteroatoms. The Morgan fingerprint density at radius 2 is 2.09 bits per heavy atom. The number of hydrogen-bond donors (Lipinski definition) is 1. The zero-order chi connectivity index (χ0) is 24.2. The summed E-state index contributed by atoms with van der Waals surface area (Å²) in [6.07, 6.45) is 1.98. The Hall–Kier alpha value is -3.18. The largest absolute Gasteiger partial charge is 0.474 e. The van der Waals surface area contributed by atoms with Crippen LogP contribution in [0.15, 0.2) is 36.7 Å². The smallest absolute Gasteiger partial charge is 0.414 e. The normalized spacial score (nSPS) is 18.0. The first kappa shape index (κ1) is 24.0. The summed E-state index contributed by atoms with van der Waals surface area (Å²) in [4.78, 5) is 33.9. The maximum atomic E-state index is 15.0. The number of ether oxygens (including phenoxy) is 2. The van der Waals surface area contributed by atoms with Gasteiger partial charge in [0, 0.05) is 38.6 Å². The Morgan fingerprint density at radius 3 is 2.76 bits per heavy atom. The molecule has 0 radical (unpaired) electrons. The third-order valence-corrected chi connectivity index (χ3v) is 6.32. The highest BCUT2D eigenvalue weighted by Gasteiger charge is 2.33. The van der Waals surface area contributed by atoms with Crippen molar-refractivity contribution < 1.29 is 23.5 Å². The molecule has 2 amide bonds. The number of piperazine rings is 1. The first-order valence-electron chi connectivity index (χ1n) is 10.6. The summed E-state index contributed by atoms with van der Waals surface area (Å²) in [7, 11) is 1.45. The third kappa shape index (κ3) is 5.15. The molecule has 0 unspecified atom stereocenters. The van der Waals surface area contributed by atoms with Crippen LogP contribution < -0.4 is 15.1 Å². The van der Waals surface area contributed by atoms with E-state index in [1.165, 1.54) is 30.5 Å². The standard InChI is InChI=1S/C22H23ClFN5O4S/c1-32-21(34)26-11-15-13-29(22(31)33-15)14-2-3-19(18(24)10-14)27-6-8-28(9-7-27)20(30)16-12-25-5-4-17(16)23/h2-5,10,12,15H,6-9,11,13H2,1H3,(H,26,34)/t15-/m0/s1. The van der Waals surface area contributed by atoms with Crippen LogP contribution in [-0.4, -0.2) is 79.5 Å². The molecule has 1 aromatic carbocycles. The molecule has 0 spiro atoms. The molecule has 1 N–H and O–H groups in total. The number of amides is 2. The highest BCUT2D eigenvalue weighted by atomic mass is 35.5. The van der Waals surface area contributed by atoms with E-state index < -0.39 is 18.0 Å². The number of halogens is 2. The fourth-order valence-electron chi connectivity index (χ4n) is 3.88. The minimum absolute atomic E-state index is 0.198. The van der Waals surface area contributed by atoms with Crippen LogP contribution >= 0.6 is 23.8 Å². The molecule has 1 aromatic heterocycles. The molecule has 2 saturated heterocycles. The quantitative estimate of drug-likeness (QED) is 0.618. The molecule has 34 heavy (non-hydrogen) atoms. The van der Waals surface area contributed by atoms with Crippen molar-refractivity contribution in [2.24, 2.45) is 0 Å². The fourth-order valence-corrected chi connectivity index (χ4v) is 4.15. The van der Waals surface area contributed by atoms with Gasteiger partial charge in [-0.2, -0.15) is 0 Å². The first-order chi connectivity index (χ1) is 16.4. The average Bonchev–Trinajstić information content (AvgIpc) is 3.23. The Balaban J connectivity index is 1.37. The second-order valence-electron chi connectivity index (χ2n) is 7.76. The van der Waals surface area contributed by atoms with Crippen molar-refractivity contribution in [3.63, 3.8) is 0 Å². The number of cyclic esters (lactones) is 1. The number of anilines is 2. The lowest BCUT2D eigenvalue weighted by atomic mass is 10.2. The summed E-state index contributed by atoms with van der Waals surface area (Å²) in [5.74, 6) is -0.654. The number of nitrogens with zero attached hydrogens (tertiary/aromatic N) is 4. The summed E-state index contributed by atoms with van der Waals surface area (Å²) in [6, 6.07) is 6.21. The molecule has 9 nitrogen and oxygen atoms in total. The fraction of sp³-hybridized carbons (Fsp3) is 0.364. The number of hydrogen-bond acceptors (Lipinski definition) is 7. The van der Waals surface area contributed by atoms with Crippen molar-refractivity contribution in [3.05, 3.63) is 53.1 Å². The molecule has 2 aliphatic rings. The number of rotatable bonds is 5. The van der Waals surface area contributed by atoms with Crippen LogP contribution in [0.2, 0.25) is 5.02 Å². The van der Waals surface area contributed by atoms with Crippen LogP contribution in [0.3, 0.4) is 0 Å². The van der Waals surface area contributed by atoms with Gasteiger partial charge in [0.15, 0.2) is 0 Å². The molecule has 0 bridgehead atoms. The van der Waals surface area contributed by atoms with Crippen LogP contribution in [-0.2, 0) is 9.47 Å². The van der Waals surface area contributed by atoms with Gasteiger partial charge in [-0.3, -0.25) is 14.7 Å². The van der Waals surface area contributed by atoms with Crippen molar-refractivity contribution in [2.75, 3.05) is 56.2 Å². The monoisotopic (exact) mass is 507 g/mol. The summed E-state index contributed by atoms with van der Waals surface area (Å²) in [5.41, 5.74) is 1.16. The van der Waals surface area contributed by atoms with Gasteiger partial charge in [-0.25, -0.2) is 9.18 Å². The number of thiocarbonyl (C=S) groups is 1. The lowest BCUT2D eigenvalue weighted by Gasteiger charge is -2.36. The van der Waals surface area contributed by atoms with Gasteiger partial charge in [0.2, 0.25) is 0 Å². The Kier molecular flexibility index (Phi) is 7.32. The van der Waals surface area contributed by atoms with Gasteiger partial charge < -0.3 is 24.6 Å². The van der Waals surface area contributed by atoms with E-state index in [0.29, 0.717) is 54.7 Å². The van der Waals surface area contributed by atoms with Crippen LogP contribution in [0.1, 0.15) is 10.4 Å². The summed E-state index contributed by atoms with van der Waals surface area (Å²) >= 11 is 11.0. The van der Waals surface area contributed by atoms with Crippen LogP contribution in [0, 0.1) is 5.82 Å².